The van der Waals surface area contributed by atoms with E-state index < -0.39 is 11.9 Å². The van der Waals surface area contributed by atoms with Crippen LogP contribution in [0.5, 0.6) is 0 Å². The third-order valence-electron chi connectivity index (χ3n) is 4.07. The first kappa shape index (κ1) is 16.7. The van der Waals surface area contributed by atoms with Gasteiger partial charge in [-0.05, 0) is 38.0 Å². The number of allylic oxidation sites excluding steroid dienone is 4. The Hall–Kier alpha value is -1.38. The summed E-state index contributed by atoms with van der Waals surface area (Å²) in [5, 5.41) is 9.45. The van der Waals surface area contributed by atoms with E-state index in [0.29, 0.717) is 19.3 Å². The average molecular weight is 278 g/mol. The molecule has 1 fully saturated rings. The van der Waals surface area contributed by atoms with Gasteiger partial charge in [0.25, 0.3) is 0 Å². The van der Waals surface area contributed by atoms with E-state index in [1.54, 1.807) is 0 Å². The molecule has 0 bridgehead atoms. The van der Waals surface area contributed by atoms with Crippen molar-refractivity contribution in [3.63, 3.8) is 0 Å². The first-order chi connectivity index (χ1) is 9.61. The third-order valence-corrected chi connectivity index (χ3v) is 4.07. The highest BCUT2D eigenvalue weighted by Gasteiger charge is 2.40. The van der Waals surface area contributed by atoms with Gasteiger partial charge in [0.1, 0.15) is 5.78 Å². The zero-order valence-corrected chi connectivity index (χ0v) is 12.5. The number of hydrogen-bond acceptors (Lipinski definition) is 2. The second kappa shape index (κ2) is 8.72. The van der Waals surface area contributed by atoms with Crippen molar-refractivity contribution in [2.24, 2.45) is 17.8 Å². The van der Waals surface area contributed by atoms with Crippen molar-refractivity contribution in [2.45, 2.75) is 52.4 Å². The molecular weight excluding hydrogens is 252 g/mol. The standard InChI is InChI=1S/C17H26O3/c1-3-5-7-9-14-13(11-12-16(14)18)15(17(19)20)10-8-6-4-2/h5-8,13-15H,3-4,9-12H2,1-2H3,(H,19,20). The summed E-state index contributed by atoms with van der Waals surface area (Å²) in [6.07, 6.45) is 12.4. The van der Waals surface area contributed by atoms with Crippen LogP contribution >= 0.6 is 0 Å². The van der Waals surface area contributed by atoms with Crippen molar-refractivity contribution in [3.05, 3.63) is 24.3 Å². The maximum absolute atomic E-state index is 12.0. The van der Waals surface area contributed by atoms with E-state index in [-0.39, 0.29) is 17.6 Å². The highest BCUT2D eigenvalue weighted by Crippen LogP contribution is 2.38. The number of aliphatic carboxylic acids is 1. The monoisotopic (exact) mass is 278 g/mol. The molecule has 112 valence electrons. The molecule has 1 rings (SSSR count). The Labute approximate surface area is 121 Å². The van der Waals surface area contributed by atoms with Crippen molar-refractivity contribution >= 4 is 11.8 Å². The van der Waals surface area contributed by atoms with Crippen LogP contribution in [0, 0.1) is 17.8 Å². The van der Waals surface area contributed by atoms with Crippen LogP contribution in [0.1, 0.15) is 52.4 Å². The summed E-state index contributed by atoms with van der Waals surface area (Å²) < 4.78 is 0. The SMILES string of the molecule is CCC=CCC(C(=O)O)C1CCC(=O)C1CC=CCC. The summed E-state index contributed by atoms with van der Waals surface area (Å²) in [7, 11) is 0. The third kappa shape index (κ3) is 4.62. The second-order valence-corrected chi connectivity index (χ2v) is 5.45. The topological polar surface area (TPSA) is 54.4 Å². The van der Waals surface area contributed by atoms with E-state index in [2.05, 4.69) is 13.0 Å². The Morgan fingerprint density at radius 3 is 2.50 bits per heavy atom. The minimum Gasteiger partial charge on any atom is -0.481 e. The summed E-state index contributed by atoms with van der Waals surface area (Å²) in [5.41, 5.74) is 0. The number of hydrogen-bond donors (Lipinski definition) is 1. The Balaban J connectivity index is 2.76. The lowest BCUT2D eigenvalue weighted by Gasteiger charge is -2.23. The van der Waals surface area contributed by atoms with Gasteiger partial charge in [0.2, 0.25) is 0 Å². The molecule has 0 aromatic heterocycles. The summed E-state index contributed by atoms with van der Waals surface area (Å²) in [4.78, 5) is 23.5. The molecule has 3 atom stereocenters. The van der Waals surface area contributed by atoms with Crippen LogP contribution in [0.3, 0.4) is 0 Å². The molecule has 0 spiro atoms. The van der Waals surface area contributed by atoms with Gasteiger partial charge in [0.15, 0.2) is 0 Å². The number of carboxylic acid groups (broad SMARTS) is 1. The molecule has 1 aliphatic carbocycles. The summed E-state index contributed by atoms with van der Waals surface area (Å²) in [5.74, 6) is -1.07. The Bertz CT molecular complexity index is 382. The number of carbonyl (C=O) groups is 2. The van der Waals surface area contributed by atoms with Crippen LogP contribution in [0.2, 0.25) is 0 Å². The molecule has 1 saturated carbocycles. The molecule has 20 heavy (non-hydrogen) atoms. The Morgan fingerprint density at radius 1 is 1.25 bits per heavy atom. The maximum Gasteiger partial charge on any atom is 0.307 e. The van der Waals surface area contributed by atoms with Gasteiger partial charge < -0.3 is 5.11 Å². The van der Waals surface area contributed by atoms with E-state index in [1.165, 1.54) is 0 Å². The highest BCUT2D eigenvalue weighted by molar-refractivity contribution is 5.85. The van der Waals surface area contributed by atoms with Gasteiger partial charge in [-0.15, -0.1) is 0 Å². The highest BCUT2D eigenvalue weighted by atomic mass is 16.4. The van der Waals surface area contributed by atoms with Crippen molar-refractivity contribution in [3.8, 4) is 0 Å². The van der Waals surface area contributed by atoms with Gasteiger partial charge in [-0.25, -0.2) is 0 Å². The average Bonchev–Trinajstić information content (AvgIpc) is 2.76. The lowest BCUT2D eigenvalue weighted by atomic mass is 9.80. The zero-order chi connectivity index (χ0) is 15.0. The number of ketones is 1. The molecule has 0 radical (unpaired) electrons. The predicted molar refractivity (Wildman–Crippen MR) is 80.4 cm³/mol. The van der Waals surface area contributed by atoms with Gasteiger partial charge in [-0.2, -0.15) is 0 Å². The molecule has 3 unspecified atom stereocenters. The second-order valence-electron chi connectivity index (χ2n) is 5.45. The molecule has 0 aromatic carbocycles. The van der Waals surface area contributed by atoms with Gasteiger partial charge >= 0.3 is 5.97 Å². The molecule has 0 aliphatic heterocycles. The van der Waals surface area contributed by atoms with Crippen LogP contribution in [-0.4, -0.2) is 16.9 Å². The normalized spacial score (nSPS) is 24.8. The molecule has 0 saturated heterocycles. The van der Waals surface area contributed by atoms with Gasteiger partial charge in [0, 0.05) is 12.3 Å². The van der Waals surface area contributed by atoms with Crippen molar-refractivity contribution < 1.29 is 14.7 Å². The fraction of sp³-hybridized carbons (Fsp3) is 0.647. The smallest absolute Gasteiger partial charge is 0.307 e. The number of carboxylic acids is 1. The van der Waals surface area contributed by atoms with Crippen LogP contribution in [0.15, 0.2) is 24.3 Å². The van der Waals surface area contributed by atoms with E-state index in [0.717, 1.165) is 19.3 Å². The van der Waals surface area contributed by atoms with Crippen LogP contribution < -0.4 is 0 Å². The lowest BCUT2D eigenvalue weighted by Crippen LogP contribution is -2.28. The number of Topliss-reactive ketones (excluding diaryl/α,β-unsaturated/α-hetero) is 1. The fourth-order valence-corrected chi connectivity index (χ4v) is 3.00. The summed E-state index contributed by atoms with van der Waals surface area (Å²) in [6, 6.07) is 0. The molecule has 1 aliphatic rings. The van der Waals surface area contributed by atoms with Gasteiger partial charge in [-0.1, -0.05) is 38.2 Å². The minimum atomic E-state index is -0.769. The number of carbonyl (C=O) groups excluding carboxylic acids is 1. The first-order valence-corrected chi connectivity index (χ1v) is 7.67. The van der Waals surface area contributed by atoms with Crippen LogP contribution in [0.25, 0.3) is 0 Å². The molecule has 1 N–H and O–H groups in total. The van der Waals surface area contributed by atoms with Gasteiger partial charge in [-0.3, -0.25) is 9.59 Å². The summed E-state index contributed by atoms with van der Waals surface area (Å²) in [6.45, 7) is 4.09. The van der Waals surface area contributed by atoms with E-state index in [1.807, 2.05) is 25.2 Å². The fourth-order valence-electron chi connectivity index (χ4n) is 3.00. The molecule has 0 heterocycles. The maximum atomic E-state index is 12.0. The quantitative estimate of drug-likeness (QED) is 0.683. The number of rotatable bonds is 8. The van der Waals surface area contributed by atoms with Crippen LogP contribution in [-0.2, 0) is 9.59 Å². The largest absolute Gasteiger partial charge is 0.481 e. The first-order valence-electron chi connectivity index (χ1n) is 7.67. The molecule has 3 nitrogen and oxygen atoms in total. The predicted octanol–water partition coefficient (Wildman–Crippen LogP) is 4.00. The van der Waals surface area contributed by atoms with Crippen molar-refractivity contribution in [1.29, 1.82) is 0 Å². The molecule has 3 heteroatoms. The Kier molecular flexibility index (Phi) is 7.27. The van der Waals surface area contributed by atoms with E-state index in [4.69, 9.17) is 0 Å². The molecule has 0 aromatic rings. The molecular formula is C17H26O3. The molecule has 0 amide bonds. The van der Waals surface area contributed by atoms with E-state index in [9.17, 15) is 14.7 Å². The zero-order valence-electron chi connectivity index (χ0n) is 12.5. The summed E-state index contributed by atoms with van der Waals surface area (Å²) >= 11 is 0. The Morgan fingerprint density at radius 2 is 1.90 bits per heavy atom. The minimum absolute atomic E-state index is 0.0111. The van der Waals surface area contributed by atoms with Gasteiger partial charge in [0.05, 0.1) is 5.92 Å². The van der Waals surface area contributed by atoms with E-state index >= 15 is 0 Å². The van der Waals surface area contributed by atoms with Crippen LogP contribution in [0.4, 0.5) is 0 Å². The van der Waals surface area contributed by atoms with Crippen molar-refractivity contribution in [2.75, 3.05) is 0 Å². The van der Waals surface area contributed by atoms with Crippen molar-refractivity contribution in [1.82, 2.24) is 0 Å². The lowest BCUT2D eigenvalue weighted by molar-refractivity contribution is -0.144.